The van der Waals surface area contributed by atoms with Gasteiger partial charge < -0.3 is 9.47 Å². The Kier molecular flexibility index (Phi) is 5.61. The van der Waals surface area contributed by atoms with Crippen molar-refractivity contribution in [1.82, 2.24) is 0 Å². The molecule has 0 aliphatic heterocycles. The molecule has 1 aliphatic carbocycles. The topological polar surface area (TPSA) is 69.7 Å². The fraction of sp³-hybridized carbons (Fsp3) is 0.929. The lowest BCUT2D eigenvalue weighted by Crippen LogP contribution is -2.47. The van der Waals surface area contributed by atoms with Crippen LogP contribution in [-0.4, -0.2) is 45.7 Å². The first-order valence-corrected chi connectivity index (χ1v) is 8.66. The van der Waals surface area contributed by atoms with Gasteiger partial charge in [0.15, 0.2) is 9.84 Å². The average molecular weight is 306 g/mol. The third kappa shape index (κ3) is 3.52. The number of carbonyl (C=O) groups excluding carboxylic acids is 1. The van der Waals surface area contributed by atoms with Gasteiger partial charge in [0.25, 0.3) is 0 Å². The van der Waals surface area contributed by atoms with Crippen molar-refractivity contribution >= 4 is 15.8 Å². The van der Waals surface area contributed by atoms with Crippen LogP contribution in [0.4, 0.5) is 0 Å². The lowest BCUT2D eigenvalue weighted by molar-refractivity contribution is -0.153. The minimum absolute atomic E-state index is 0.118. The van der Waals surface area contributed by atoms with Gasteiger partial charge in [-0.3, -0.25) is 4.79 Å². The maximum Gasteiger partial charge on any atom is 0.312 e. The summed E-state index contributed by atoms with van der Waals surface area (Å²) in [5.41, 5.74) is -0.878. The number of methoxy groups -OCH3 is 2. The Hall–Kier alpha value is -0.620. The van der Waals surface area contributed by atoms with Crippen molar-refractivity contribution < 1.29 is 22.7 Å². The first kappa shape index (κ1) is 17.4. The molecule has 0 aromatic heterocycles. The van der Waals surface area contributed by atoms with Crippen molar-refractivity contribution in [3.05, 3.63) is 0 Å². The Bertz CT molecular complexity index is 432. The second-order valence-electron chi connectivity index (χ2n) is 6.28. The van der Waals surface area contributed by atoms with Gasteiger partial charge in [-0.2, -0.15) is 0 Å². The predicted octanol–water partition coefficient (Wildman–Crippen LogP) is 1.95. The van der Waals surface area contributed by atoms with Crippen LogP contribution in [0.1, 0.15) is 46.0 Å². The van der Waals surface area contributed by atoms with Crippen molar-refractivity contribution in [2.75, 3.05) is 26.6 Å². The molecule has 0 radical (unpaired) electrons. The maximum absolute atomic E-state index is 12.6. The van der Waals surface area contributed by atoms with Crippen molar-refractivity contribution in [1.29, 1.82) is 0 Å². The number of hydrogen-bond acceptors (Lipinski definition) is 5. The SMILES string of the molecule is COCC(C)(C)S(=O)(=O)CC1(C(=O)OC)CCCCC1. The molecule has 0 atom stereocenters. The second kappa shape index (κ2) is 6.43. The third-order valence-corrected chi connectivity index (χ3v) is 6.96. The van der Waals surface area contributed by atoms with Gasteiger partial charge in [0.1, 0.15) is 0 Å². The molecule has 1 rings (SSSR count). The quantitative estimate of drug-likeness (QED) is 0.702. The number of rotatable bonds is 6. The van der Waals surface area contributed by atoms with Crippen LogP contribution in [0.15, 0.2) is 0 Å². The van der Waals surface area contributed by atoms with Crippen LogP contribution < -0.4 is 0 Å². The van der Waals surface area contributed by atoms with Crippen molar-refractivity contribution in [2.24, 2.45) is 5.41 Å². The Balaban J connectivity index is 3.03. The molecular weight excluding hydrogens is 280 g/mol. The zero-order valence-electron chi connectivity index (χ0n) is 12.9. The number of hydrogen-bond donors (Lipinski definition) is 0. The normalized spacial score (nSPS) is 19.6. The van der Waals surface area contributed by atoms with Gasteiger partial charge in [-0.25, -0.2) is 8.42 Å². The molecule has 1 aliphatic rings. The standard InChI is InChI=1S/C14H26O5S/c1-13(2,10-18-3)20(16,17)11-14(12(15)19-4)8-6-5-7-9-14/h5-11H2,1-4H3. The molecule has 0 spiro atoms. The zero-order chi connectivity index (χ0) is 15.4. The number of sulfone groups is 1. The van der Waals surface area contributed by atoms with Crippen molar-refractivity contribution in [3.8, 4) is 0 Å². The fourth-order valence-corrected chi connectivity index (χ4v) is 4.67. The predicted molar refractivity (Wildman–Crippen MR) is 77.3 cm³/mol. The molecule has 0 aromatic rings. The number of esters is 1. The molecule has 20 heavy (non-hydrogen) atoms. The number of carbonyl (C=O) groups is 1. The van der Waals surface area contributed by atoms with Crippen LogP contribution in [-0.2, 0) is 24.1 Å². The Morgan fingerprint density at radius 1 is 1.15 bits per heavy atom. The molecular formula is C14H26O5S. The highest BCUT2D eigenvalue weighted by Gasteiger charge is 2.48. The van der Waals surface area contributed by atoms with E-state index in [9.17, 15) is 13.2 Å². The summed E-state index contributed by atoms with van der Waals surface area (Å²) in [7, 11) is -0.656. The van der Waals surface area contributed by atoms with E-state index in [1.165, 1.54) is 14.2 Å². The highest BCUT2D eigenvalue weighted by atomic mass is 32.2. The van der Waals surface area contributed by atoms with Crippen molar-refractivity contribution in [2.45, 2.75) is 50.7 Å². The molecule has 0 heterocycles. The Labute approximate surface area is 121 Å². The van der Waals surface area contributed by atoms with Crippen molar-refractivity contribution in [3.63, 3.8) is 0 Å². The molecule has 118 valence electrons. The summed E-state index contributed by atoms with van der Waals surface area (Å²) in [6.07, 6.45) is 3.95. The van der Waals surface area contributed by atoms with Gasteiger partial charge in [0.05, 0.1) is 29.6 Å². The van der Waals surface area contributed by atoms with Gasteiger partial charge >= 0.3 is 5.97 Å². The van der Waals surface area contributed by atoms with E-state index in [2.05, 4.69) is 0 Å². The van der Waals surface area contributed by atoms with Gasteiger partial charge in [0.2, 0.25) is 0 Å². The molecule has 5 nitrogen and oxygen atoms in total. The lowest BCUT2D eigenvalue weighted by Gasteiger charge is -2.36. The summed E-state index contributed by atoms with van der Waals surface area (Å²) in [4.78, 5) is 12.1. The number of ether oxygens (including phenoxy) is 2. The largest absolute Gasteiger partial charge is 0.469 e. The fourth-order valence-electron chi connectivity index (χ4n) is 2.85. The highest BCUT2D eigenvalue weighted by molar-refractivity contribution is 7.92. The maximum atomic E-state index is 12.6. The zero-order valence-corrected chi connectivity index (χ0v) is 13.7. The molecule has 0 amide bonds. The summed E-state index contributed by atoms with van der Waals surface area (Å²) in [5.74, 6) is -0.544. The van der Waals surface area contributed by atoms with Crippen LogP contribution in [0.25, 0.3) is 0 Å². The molecule has 0 aromatic carbocycles. The van der Waals surface area contributed by atoms with Gasteiger partial charge in [-0.1, -0.05) is 19.3 Å². The van der Waals surface area contributed by atoms with Crippen LogP contribution in [0.5, 0.6) is 0 Å². The van der Waals surface area contributed by atoms with Gasteiger partial charge in [-0.15, -0.1) is 0 Å². The minimum atomic E-state index is -3.46. The van der Waals surface area contributed by atoms with E-state index in [0.29, 0.717) is 12.8 Å². The lowest BCUT2D eigenvalue weighted by atomic mass is 9.75. The monoisotopic (exact) mass is 306 g/mol. The Morgan fingerprint density at radius 3 is 2.15 bits per heavy atom. The molecule has 0 unspecified atom stereocenters. The highest BCUT2D eigenvalue weighted by Crippen LogP contribution is 2.40. The summed E-state index contributed by atoms with van der Waals surface area (Å²) < 4.78 is 34.2. The first-order chi connectivity index (χ1) is 9.21. The van der Waals surface area contributed by atoms with Crippen LogP contribution in [0.2, 0.25) is 0 Å². The molecule has 6 heteroatoms. The van der Waals surface area contributed by atoms with Crippen LogP contribution in [0, 0.1) is 5.41 Å². The van der Waals surface area contributed by atoms with Crippen LogP contribution >= 0.6 is 0 Å². The van der Waals surface area contributed by atoms with E-state index in [1.54, 1.807) is 13.8 Å². The van der Waals surface area contributed by atoms with E-state index in [0.717, 1.165) is 19.3 Å². The second-order valence-corrected chi connectivity index (χ2v) is 8.91. The van der Waals surface area contributed by atoms with Crippen LogP contribution in [0.3, 0.4) is 0 Å². The summed E-state index contributed by atoms with van der Waals surface area (Å²) >= 11 is 0. The first-order valence-electron chi connectivity index (χ1n) is 7.00. The molecule has 0 N–H and O–H groups in total. The summed E-state index contributed by atoms with van der Waals surface area (Å²) in [6.45, 7) is 3.39. The van der Waals surface area contributed by atoms with E-state index in [4.69, 9.17) is 9.47 Å². The van der Waals surface area contributed by atoms with Gasteiger partial charge in [-0.05, 0) is 26.7 Å². The van der Waals surface area contributed by atoms with E-state index in [-0.39, 0.29) is 12.4 Å². The third-order valence-electron chi connectivity index (χ3n) is 4.23. The molecule has 0 bridgehead atoms. The smallest absolute Gasteiger partial charge is 0.312 e. The van der Waals surface area contributed by atoms with E-state index in [1.807, 2.05) is 0 Å². The van der Waals surface area contributed by atoms with E-state index < -0.39 is 26.0 Å². The molecule has 1 fully saturated rings. The van der Waals surface area contributed by atoms with E-state index >= 15 is 0 Å². The summed E-state index contributed by atoms with van der Waals surface area (Å²) in [5, 5.41) is 0. The average Bonchev–Trinajstić information content (AvgIpc) is 2.38. The molecule has 0 saturated heterocycles. The van der Waals surface area contributed by atoms with Gasteiger partial charge in [0, 0.05) is 7.11 Å². The Morgan fingerprint density at radius 2 is 1.70 bits per heavy atom. The molecule has 1 saturated carbocycles. The minimum Gasteiger partial charge on any atom is -0.469 e. The summed E-state index contributed by atoms with van der Waals surface area (Å²) in [6, 6.07) is 0.